The number of hydrogen-bond donors (Lipinski definition) is 2. The van der Waals surface area contributed by atoms with Crippen LogP contribution < -0.4 is 10.0 Å². The van der Waals surface area contributed by atoms with Crippen LogP contribution in [0.5, 0.6) is 0 Å². The van der Waals surface area contributed by atoms with Crippen molar-refractivity contribution in [3.63, 3.8) is 0 Å². The second-order valence-corrected chi connectivity index (χ2v) is 10.2. The number of aryl methyl sites for hydroxylation is 1. The van der Waals surface area contributed by atoms with E-state index in [1.54, 1.807) is 24.3 Å². The van der Waals surface area contributed by atoms with Crippen molar-refractivity contribution in [2.45, 2.75) is 55.5 Å². The second kappa shape index (κ2) is 9.94. The average Bonchev–Trinajstić information content (AvgIpc) is 3.41. The van der Waals surface area contributed by atoms with Gasteiger partial charge >= 0.3 is 0 Å². The first-order valence-electron chi connectivity index (χ1n) is 11.2. The van der Waals surface area contributed by atoms with Crippen LogP contribution in [-0.2, 0) is 21.2 Å². The van der Waals surface area contributed by atoms with E-state index in [1.807, 2.05) is 18.2 Å². The highest BCUT2D eigenvalue weighted by molar-refractivity contribution is 7.89. The predicted octanol–water partition coefficient (Wildman–Crippen LogP) is 3.01. The highest BCUT2D eigenvalue weighted by Gasteiger charge is 2.28. The third kappa shape index (κ3) is 6.15. The highest BCUT2D eigenvalue weighted by atomic mass is 32.2. The van der Waals surface area contributed by atoms with Crippen molar-refractivity contribution in [2.75, 3.05) is 19.6 Å². The van der Waals surface area contributed by atoms with E-state index in [4.69, 9.17) is 0 Å². The molecule has 2 aliphatic rings. The van der Waals surface area contributed by atoms with Crippen LogP contribution in [0.1, 0.15) is 49.3 Å². The summed E-state index contributed by atoms with van der Waals surface area (Å²) in [4.78, 5) is 15.2. The fraction of sp³-hybridized carbons (Fsp3) is 0.458. The van der Waals surface area contributed by atoms with Crippen LogP contribution >= 0.6 is 0 Å². The van der Waals surface area contributed by atoms with Crippen LogP contribution in [-0.4, -0.2) is 44.9 Å². The van der Waals surface area contributed by atoms with Gasteiger partial charge in [0, 0.05) is 19.0 Å². The molecule has 0 radical (unpaired) electrons. The normalized spacial score (nSPS) is 18.1. The van der Waals surface area contributed by atoms with Crippen LogP contribution in [0, 0.1) is 0 Å². The van der Waals surface area contributed by atoms with Gasteiger partial charge in [0.1, 0.15) is 0 Å². The standard InChI is InChI=1S/C24H31N3O3S/c28-24(25-18-23(27-16-4-5-17-27)20-6-2-1-3-7-20)15-10-19-8-13-22(14-9-19)31(29,30)26-21-11-12-21/h1-3,6-9,13-14,21,23,26H,4-5,10-12,15-18H2,(H,25,28). The minimum absolute atomic E-state index is 0.0206. The monoisotopic (exact) mass is 441 g/mol. The Morgan fingerprint density at radius 3 is 2.32 bits per heavy atom. The van der Waals surface area contributed by atoms with E-state index in [2.05, 4.69) is 27.1 Å². The Balaban J connectivity index is 1.28. The average molecular weight is 442 g/mol. The van der Waals surface area contributed by atoms with Gasteiger partial charge in [-0.25, -0.2) is 13.1 Å². The Bertz CT molecular complexity index is 967. The zero-order valence-electron chi connectivity index (χ0n) is 17.8. The fourth-order valence-electron chi connectivity index (χ4n) is 4.07. The molecule has 2 fully saturated rings. The molecule has 7 heteroatoms. The maximum Gasteiger partial charge on any atom is 0.240 e. The molecule has 1 unspecified atom stereocenters. The van der Waals surface area contributed by atoms with E-state index in [-0.39, 0.29) is 22.9 Å². The molecule has 1 aliphatic heterocycles. The quantitative estimate of drug-likeness (QED) is 0.594. The topological polar surface area (TPSA) is 78.5 Å². The number of nitrogens with one attached hydrogen (secondary N) is 2. The van der Waals surface area contributed by atoms with Gasteiger partial charge in [-0.2, -0.15) is 0 Å². The summed E-state index contributed by atoms with van der Waals surface area (Å²) >= 11 is 0. The molecule has 2 N–H and O–H groups in total. The van der Waals surface area contributed by atoms with E-state index in [9.17, 15) is 13.2 Å². The maximum atomic E-state index is 12.5. The first kappa shape index (κ1) is 22.0. The molecule has 1 heterocycles. The minimum Gasteiger partial charge on any atom is -0.354 e. The van der Waals surface area contributed by atoms with Crippen LogP contribution in [0.2, 0.25) is 0 Å². The molecule has 2 aromatic rings. The molecule has 31 heavy (non-hydrogen) atoms. The smallest absolute Gasteiger partial charge is 0.240 e. The summed E-state index contributed by atoms with van der Waals surface area (Å²) in [5.41, 5.74) is 2.20. The van der Waals surface area contributed by atoms with Gasteiger partial charge in [-0.15, -0.1) is 0 Å². The summed E-state index contributed by atoms with van der Waals surface area (Å²) < 4.78 is 27.2. The summed E-state index contributed by atoms with van der Waals surface area (Å²) in [6, 6.07) is 17.5. The third-order valence-corrected chi connectivity index (χ3v) is 7.57. The molecule has 1 amide bonds. The maximum absolute atomic E-state index is 12.5. The van der Waals surface area contributed by atoms with Gasteiger partial charge in [-0.3, -0.25) is 9.69 Å². The van der Waals surface area contributed by atoms with Crippen LogP contribution in [0.25, 0.3) is 0 Å². The number of amides is 1. The third-order valence-electron chi connectivity index (χ3n) is 6.03. The number of nitrogens with zero attached hydrogens (tertiary/aromatic N) is 1. The minimum atomic E-state index is -3.43. The predicted molar refractivity (Wildman–Crippen MR) is 121 cm³/mol. The largest absolute Gasteiger partial charge is 0.354 e. The number of hydrogen-bond acceptors (Lipinski definition) is 4. The summed E-state index contributed by atoms with van der Waals surface area (Å²) in [5, 5.41) is 3.11. The lowest BCUT2D eigenvalue weighted by Gasteiger charge is -2.28. The summed E-state index contributed by atoms with van der Waals surface area (Å²) in [7, 11) is -3.43. The molecule has 166 valence electrons. The molecule has 4 rings (SSSR count). The number of carbonyl (C=O) groups excluding carboxylic acids is 1. The van der Waals surface area contributed by atoms with E-state index < -0.39 is 10.0 Å². The van der Waals surface area contributed by atoms with Gasteiger partial charge in [0.15, 0.2) is 0 Å². The number of carbonyl (C=O) groups is 1. The van der Waals surface area contributed by atoms with E-state index in [0.717, 1.165) is 31.5 Å². The number of rotatable bonds is 10. The van der Waals surface area contributed by atoms with E-state index in [1.165, 1.54) is 18.4 Å². The molecule has 0 aromatic heterocycles. The van der Waals surface area contributed by atoms with Crippen molar-refractivity contribution in [3.8, 4) is 0 Å². The molecule has 1 atom stereocenters. The molecule has 1 saturated carbocycles. The van der Waals surface area contributed by atoms with E-state index >= 15 is 0 Å². The molecule has 6 nitrogen and oxygen atoms in total. The van der Waals surface area contributed by atoms with Gasteiger partial charge in [0.05, 0.1) is 10.9 Å². The highest BCUT2D eigenvalue weighted by Crippen LogP contribution is 2.25. The van der Waals surface area contributed by atoms with Crippen molar-refractivity contribution >= 4 is 15.9 Å². The Kier molecular flexibility index (Phi) is 7.05. The zero-order valence-corrected chi connectivity index (χ0v) is 18.6. The zero-order chi connectivity index (χ0) is 21.7. The van der Waals surface area contributed by atoms with Crippen molar-refractivity contribution in [2.24, 2.45) is 0 Å². The molecule has 1 saturated heterocycles. The van der Waals surface area contributed by atoms with Crippen LogP contribution in [0.15, 0.2) is 59.5 Å². The van der Waals surface area contributed by atoms with Crippen molar-refractivity contribution in [1.29, 1.82) is 0 Å². The lowest BCUT2D eigenvalue weighted by molar-refractivity contribution is -0.121. The Morgan fingerprint density at radius 1 is 1.00 bits per heavy atom. The lowest BCUT2D eigenvalue weighted by atomic mass is 10.1. The Morgan fingerprint density at radius 2 is 1.68 bits per heavy atom. The fourth-order valence-corrected chi connectivity index (χ4v) is 5.37. The van der Waals surface area contributed by atoms with Crippen LogP contribution in [0.4, 0.5) is 0 Å². The Hall–Kier alpha value is -2.22. The van der Waals surface area contributed by atoms with Crippen molar-refractivity contribution in [1.82, 2.24) is 14.9 Å². The van der Waals surface area contributed by atoms with Gasteiger partial charge in [0.2, 0.25) is 15.9 Å². The van der Waals surface area contributed by atoms with Gasteiger partial charge in [0.25, 0.3) is 0 Å². The molecular weight excluding hydrogens is 410 g/mol. The number of likely N-dealkylation sites (tertiary alicyclic amines) is 1. The van der Waals surface area contributed by atoms with E-state index in [0.29, 0.717) is 19.4 Å². The molecule has 2 aromatic carbocycles. The second-order valence-electron chi connectivity index (χ2n) is 8.51. The molecule has 0 spiro atoms. The molecule has 1 aliphatic carbocycles. The molecular formula is C24H31N3O3S. The number of sulfonamides is 1. The lowest BCUT2D eigenvalue weighted by Crippen LogP contribution is -2.36. The van der Waals surface area contributed by atoms with Crippen molar-refractivity contribution in [3.05, 3.63) is 65.7 Å². The van der Waals surface area contributed by atoms with Crippen LogP contribution in [0.3, 0.4) is 0 Å². The SMILES string of the molecule is O=C(CCc1ccc(S(=O)(=O)NC2CC2)cc1)NCC(c1ccccc1)N1CCCC1. The summed E-state index contributed by atoms with van der Waals surface area (Å²) in [5.74, 6) is 0.0206. The Labute approximate surface area is 185 Å². The van der Waals surface area contributed by atoms with Gasteiger partial charge in [-0.1, -0.05) is 42.5 Å². The number of benzene rings is 2. The van der Waals surface area contributed by atoms with Gasteiger partial charge < -0.3 is 5.32 Å². The summed E-state index contributed by atoms with van der Waals surface area (Å²) in [6.07, 6.45) is 5.21. The van der Waals surface area contributed by atoms with Gasteiger partial charge in [-0.05, 0) is 68.5 Å². The summed E-state index contributed by atoms with van der Waals surface area (Å²) in [6.45, 7) is 2.74. The molecule has 0 bridgehead atoms. The first-order valence-corrected chi connectivity index (χ1v) is 12.7. The first-order chi connectivity index (χ1) is 15.0. The van der Waals surface area contributed by atoms with Crippen molar-refractivity contribution < 1.29 is 13.2 Å².